The van der Waals surface area contributed by atoms with Gasteiger partial charge in [0.25, 0.3) is 0 Å². The molecule has 0 spiro atoms. The zero-order chi connectivity index (χ0) is 19.2. The number of carbonyl (C=O) groups is 1. The van der Waals surface area contributed by atoms with Crippen molar-refractivity contribution in [2.24, 2.45) is 0 Å². The van der Waals surface area contributed by atoms with Crippen molar-refractivity contribution in [3.63, 3.8) is 0 Å². The predicted molar refractivity (Wildman–Crippen MR) is 115 cm³/mol. The Balaban J connectivity index is 1.46. The SMILES string of the molecule is COc1ccc(SCCCC(=O)Nc2nc3ccc(C(C)C)cc3s2)cc1. The number of nitrogens with zero attached hydrogens (tertiary/aromatic N) is 1. The molecule has 1 amide bonds. The monoisotopic (exact) mass is 400 g/mol. The van der Waals surface area contributed by atoms with Gasteiger partial charge in [-0.15, -0.1) is 11.8 Å². The number of rotatable bonds is 8. The molecule has 3 aromatic rings. The van der Waals surface area contributed by atoms with Gasteiger partial charge in [-0.05, 0) is 60.1 Å². The van der Waals surface area contributed by atoms with Crippen LogP contribution in [-0.4, -0.2) is 23.8 Å². The molecular formula is C21H24N2O2S2. The standard InChI is InChI=1S/C21H24N2O2S2/c1-14(2)15-6-11-18-19(13-15)27-21(22-18)23-20(24)5-4-12-26-17-9-7-16(25-3)8-10-17/h6-11,13-14H,4-5,12H2,1-3H3,(H,22,23,24). The van der Waals surface area contributed by atoms with Crippen molar-refractivity contribution in [3.05, 3.63) is 48.0 Å². The first-order chi connectivity index (χ1) is 13.0. The second-order valence-corrected chi connectivity index (χ2v) is 8.78. The lowest BCUT2D eigenvalue weighted by molar-refractivity contribution is -0.116. The average Bonchev–Trinajstić information content (AvgIpc) is 3.06. The van der Waals surface area contributed by atoms with Crippen molar-refractivity contribution in [2.45, 2.75) is 37.5 Å². The maximum atomic E-state index is 12.2. The third-order valence-corrected chi connectivity index (χ3v) is 6.23. The number of ether oxygens (including phenoxy) is 1. The van der Waals surface area contributed by atoms with Crippen LogP contribution < -0.4 is 10.1 Å². The summed E-state index contributed by atoms with van der Waals surface area (Å²) in [5.41, 5.74) is 2.23. The highest BCUT2D eigenvalue weighted by Gasteiger charge is 2.09. The second kappa shape index (κ2) is 9.24. The summed E-state index contributed by atoms with van der Waals surface area (Å²) < 4.78 is 6.27. The van der Waals surface area contributed by atoms with Gasteiger partial charge in [0.1, 0.15) is 5.75 Å². The van der Waals surface area contributed by atoms with Gasteiger partial charge in [-0.2, -0.15) is 0 Å². The Hall–Kier alpha value is -2.05. The molecule has 1 aromatic heterocycles. The number of thiazole rings is 1. The average molecular weight is 401 g/mol. The van der Waals surface area contributed by atoms with Crippen LogP contribution in [-0.2, 0) is 4.79 Å². The van der Waals surface area contributed by atoms with E-state index in [-0.39, 0.29) is 5.91 Å². The van der Waals surface area contributed by atoms with Crippen molar-refractivity contribution in [2.75, 3.05) is 18.2 Å². The van der Waals surface area contributed by atoms with E-state index in [2.05, 4.69) is 36.3 Å². The number of benzene rings is 2. The van der Waals surface area contributed by atoms with E-state index in [1.807, 2.05) is 30.3 Å². The minimum Gasteiger partial charge on any atom is -0.497 e. The number of methoxy groups -OCH3 is 1. The minimum absolute atomic E-state index is 0.0217. The van der Waals surface area contributed by atoms with Gasteiger partial charge < -0.3 is 10.1 Å². The van der Waals surface area contributed by atoms with Gasteiger partial charge in [0, 0.05) is 11.3 Å². The Morgan fingerprint density at radius 2 is 2.00 bits per heavy atom. The van der Waals surface area contributed by atoms with Crippen molar-refractivity contribution < 1.29 is 9.53 Å². The number of fused-ring (bicyclic) bond motifs is 1. The van der Waals surface area contributed by atoms with Crippen LogP contribution in [0.4, 0.5) is 5.13 Å². The van der Waals surface area contributed by atoms with Gasteiger partial charge in [-0.1, -0.05) is 31.3 Å². The van der Waals surface area contributed by atoms with Crippen LogP contribution in [0.1, 0.15) is 38.2 Å². The van der Waals surface area contributed by atoms with Crippen LogP contribution in [0, 0.1) is 0 Å². The highest BCUT2D eigenvalue weighted by atomic mass is 32.2. The molecule has 1 N–H and O–H groups in total. The molecule has 27 heavy (non-hydrogen) atoms. The van der Waals surface area contributed by atoms with Crippen molar-refractivity contribution in [1.29, 1.82) is 0 Å². The lowest BCUT2D eigenvalue weighted by atomic mass is 10.0. The van der Waals surface area contributed by atoms with Crippen LogP contribution in [0.5, 0.6) is 5.75 Å². The van der Waals surface area contributed by atoms with E-state index in [0.29, 0.717) is 17.5 Å². The molecule has 0 atom stereocenters. The Labute approximate surface area is 168 Å². The first-order valence-corrected chi connectivity index (χ1v) is 10.8. The van der Waals surface area contributed by atoms with Gasteiger partial charge in [0.05, 0.1) is 17.3 Å². The Bertz CT molecular complexity index is 904. The van der Waals surface area contributed by atoms with Gasteiger partial charge in [-0.3, -0.25) is 4.79 Å². The molecule has 0 aliphatic carbocycles. The summed E-state index contributed by atoms with van der Waals surface area (Å²) in [6, 6.07) is 14.3. The maximum Gasteiger partial charge on any atom is 0.226 e. The highest BCUT2D eigenvalue weighted by Crippen LogP contribution is 2.29. The van der Waals surface area contributed by atoms with Gasteiger partial charge in [-0.25, -0.2) is 4.98 Å². The molecule has 4 nitrogen and oxygen atoms in total. The van der Waals surface area contributed by atoms with E-state index >= 15 is 0 Å². The molecule has 0 aliphatic rings. The number of aromatic nitrogens is 1. The smallest absolute Gasteiger partial charge is 0.226 e. The largest absolute Gasteiger partial charge is 0.497 e. The van der Waals surface area contributed by atoms with E-state index < -0.39 is 0 Å². The van der Waals surface area contributed by atoms with Crippen LogP contribution in [0.25, 0.3) is 10.2 Å². The number of carbonyl (C=O) groups excluding carboxylic acids is 1. The third-order valence-electron chi connectivity index (χ3n) is 4.20. The predicted octanol–water partition coefficient (Wildman–Crippen LogP) is 5.94. The summed E-state index contributed by atoms with van der Waals surface area (Å²) in [7, 11) is 1.66. The molecule has 2 aromatic carbocycles. The van der Waals surface area contributed by atoms with Gasteiger partial charge >= 0.3 is 0 Å². The molecule has 142 valence electrons. The molecule has 6 heteroatoms. The summed E-state index contributed by atoms with van der Waals surface area (Å²) in [5.74, 6) is 2.26. The number of nitrogens with one attached hydrogen (secondary N) is 1. The zero-order valence-corrected chi connectivity index (χ0v) is 17.5. The molecule has 3 rings (SSSR count). The number of anilines is 1. The highest BCUT2D eigenvalue weighted by molar-refractivity contribution is 7.99. The van der Waals surface area contributed by atoms with Gasteiger partial charge in [0.2, 0.25) is 5.91 Å². The fourth-order valence-electron chi connectivity index (χ4n) is 2.63. The van der Waals surface area contributed by atoms with E-state index in [1.54, 1.807) is 18.9 Å². The number of amides is 1. The fourth-order valence-corrected chi connectivity index (χ4v) is 4.41. The number of thioether (sulfide) groups is 1. The molecule has 0 unspecified atom stereocenters. The molecule has 0 radical (unpaired) electrons. The molecule has 0 bridgehead atoms. The maximum absolute atomic E-state index is 12.2. The molecule has 1 heterocycles. The Morgan fingerprint density at radius 1 is 1.22 bits per heavy atom. The van der Waals surface area contributed by atoms with Crippen molar-refractivity contribution in [3.8, 4) is 5.75 Å². The third kappa shape index (κ3) is 5.47. The topological polar surface area (TPSA) is 51.2 Å². The van der Waals surface area contributed by atoms with Gasteiger partial charge in [0.15, 0.2) is 5.13 Å². The van der Waals surface area contributed by atoms with E-state index in [1.165, 1.54) is 21.8 Å². The van der Waals surface area contributed by atoms with Crippen LogP contribution >= 0.6 is 23.1 Å². The first kappa shape index (κ1) is 19.7. The van der Waals surface area contributed by atoms with Crippen LogP contribution in [0.2, 0.25) is 0 Å². The van der Waals surface area contributed by atoms with E-state index in [4.69, 9.17) is 4.74 Å². The Kier molecular flexibility index (Phi) is 6.74. The summed E-state index contributed by atoms with van der Waals surface area (Å²) in [4.78, 5) is 17.9. The van der Waals surface area contributed by atoms with E-state index in [0.717, 1.165) is 28.1 Å². The zero-order valence-electron chi connectivity index (χ0n) is 15.8. The van der Waals surface area contributed by atoms with E-state index in [9.17, 15) is 4.79 Å². The van der Waals surface area contributed by atoms with Crippen LogP contribution in [0.3, 0.4) is 0 Å². The second-order valence-electron chi connectivity index (χ2n) is 6.58. The summed E-state index contributed by atoms with van der Waals surface area (Å²) >= 11 is 3.28. The number of hydrogen-bond acceptors (Lipinski definition) is 5. The molecule has 0 aliphatic heterocycles. The summed E-state index contributed by atoms with van der Waals surface area (Å²) in [6.07, 6.45) is 1.32. The lowest BCUT2D eigenvalue weighted by Gasteiger charge is -2.04. The Morgan fingerprint density at radius 3 is 2.70 bits per heavy atom. The molecular weight excluding hydrogens is 376 g/mol. The number of hydrogen-bond donors (Lipinski definition) is 1. The normalized spacial score (nSPS) is 11.1. The minimum atomic E-state index is 0.0217. The first-order valence-electron chi connectivity index (χ1n) is 9.02. The van der Waals surface area contributed by atoms with Crippen LogP contribution in [0.15, 0.2) is 47.4 Å². The summed E-state index contributed by atoms with van der Waals surface area (Å²) in [6.45, 7) is 4.35. The molecule has 0 saturated heterocycles. The van der Waals surface area contributed by atoms with Crippen molar-refractivity contribution >= 4 is 44.4 Å². The fraction of sp³-hybridized carbons (Fsp3) is 0.333. The molecule has 0 saturated carbocycles. The molecule has 0 fully saturated rings. The van der Waals surface area contributed by atoms with Crippen molar-refractivity contribution in [1.82, 2.24) is 4.98 Å². The lowest BCUT2D eigenvalue weighted by Crippen LogP contribution is -2.11. The quantitative estimate of drug-likeness (QED) is 0.375. The summed E-state index contributed by atoms with van der Waals surface area (Å²) in [5, 5.41) is 3.62.